The van der Waals surface area contributed by atoms with Gasteiger partial charge in [0.2, 0.25) is 0 Å². The van der Waals surface area contributed by atoms with Crippen LogP contribution in [0.5, 0.6) is 0 Å². The first-order valence-corrected chi connectivity index (χ1v) is 9.61. The molecule has 0 aliphatic carbocycles. The largest absolute Gasteiger partial charge is 0.478 e. The fraction of sp³-hybridized carbons (Fsp3) is 0.190. The number of halogens is 2. The molecule has 0 spiro atoms. The summed E-state index contributed by atoms with van der Waals surface area (Å²) in [5, 5.41) is 12.8. The summed E-state index contributed by atoms with van der Waals surface area (Å²) in [5.74, 6) is -2.98. The lowest BCUT2D eigenvalue weighted by Gasteiger charge is -2.22. The molecule has 1 unspecified atom stereocenters. The maximum atomic E-state index is 14.6. The van der Waals surface area contributed by atoms with Gasteiger partial charge in [-0.2, -0.15) is 0 Å². The third-order valence-corrected chi connectivity index (χ3v) is 5.90. The molecule has 1 atom stereocenters. The zero-order valence-electron chi connectivity index (χ0n) is 14.7. The quantitative estimate of drug-likeness (QED) is 0.664. The summed E-state index contributed by atoms with van der Waals surface area (Å²) >= 11 is 1.34. The number of nitrogens with one attached hydrogen (secondary N) is 1. The van der Waals surface area contributed by atoms with E-state index in [0.717, 1.165) is 17.5 Å². The van der Waals surface area contributed by atoms with Crippen LogP contribution in [0.25, 0.3) is 21.6 Å². The van der Waals surface area contributed by atoms with Crippen molar-refractivity contribution in [2.75, 3.05) is 19.7 Å². The van der Waals surface area contributed by atoms with Crippen molar-refractivity contribution < 1.29 is 23.4 Å². The highest BCUT2D eigenvalue weighted by Crippen LogP contribution is 2.44. The molecule has 4 rings (SSSR count). The number of hydrogen-bond acceptors (Lipinski definition) is 4. The van der Waals surface area contributed by atoms with Crippen LogP contribution in [0.1, 0.15) is 21.3 Å². The van der Waals surface area contributed by atoms with Crippen LogP contribution in [0.3, 0.4) is 0 Å². The van der Waals surface area contributed by atoms with Gasteiger partial charge in [0.05, 0.1) is 12.2 Å². The van der Waals surface area contributed by atoms with Gasteiger partial charge < -0.3 is 15.2 Å². The number of hydrogen-bond donors (Lipinski definition) is 2. The van der Waals surface area contributed by atoms with Gasteiger partial charge in [-0.1, -0.05) is 30.3 Å². The molecule has 4 nitrogen and oxygen atoms in total. The van der Waals surface area contributed by atoms with Gasteiger partial charge in [-0.25, -0.2) is 13.6 Å². The van der Waals surface area contributed by atoms with Gasteiger partial charge in [0.1, 0.15) is 6.10 Å². The Morgan fingerprint density at radius 2 is 1.89 bits per heavy atom. The molecule has 1 aliphatic heterocycles. The van der Waals surface area contributed by atoms with E-state index in [2.05, 4.69) is 5.32 Å². The highest BCUT2D eigenvalue weighted by atomic mass is 32.1. The zero-order chi connectivity index (χ0) is 19.7. The van der Waals surface area contributed by atoms with Crippen molar-refractivity contribution in [2.45, 2.75) is 6.10 Å². The Labute approximate surface area is 164 Å². The summed E-state index contributed by atoms with van der Waals surface area (Å²) in [7, 11) is 0. The summed E-state index contributed by atoms with van der Waals surface area (Å²) in [6.07, 6.45) is -0.222. The van der Waals surface area contributed by atoms with E-state index in [1.807, 2.05) is 0 Å². The summed E-state index contributed by atoms with van der Waals surface area (Å²) in [6, 6.07) is 12.3. The van der Waals surface area contributed by atoms with Gasteiger partial charge in [0, 0.05) is 39.5 Å². The van der Waals surface area contributed by atoms with Crippen LogP contribution in [0, 0.1) is 11.6 Å². The number of carboxylic acid groups (broad SMARTS) is 1. The Kier molecular flexibility index (Phi) is 5.21. The van der Waals surface area contributed by atoms with E-state index in [4.69, 9.17) is 4.74 Å². The predicted molar refractivity (Wildman–Crippen MR) is 104 cm³/mol. The first-order chi connectivity index (χ1) is 13.6. The first-order valence-electron chi connectivity index (χ1n) is 8.79. The van der Waals surface area contributed by atoms with Crippen LogP contribution in [0.4, 0.5) is 8.78 Å². The van der Waals surface area contributed by atoms with Crippen molar-refractivity contribution >= 4 is 17.3 Å². The monoisotopic (exact) mass is 401 g/mol. The molecule has 2 N–H and O–H groups in total. The molecular weight excluding hydrogens is 384 g/mol. The Hall–Kier alpha value is -2.61. The third kappa shape index (κ3) is 3.44. The normalized spacial score (nSPS) is 16.9. The summed E-state index contributed by atoms with van der Waals surface area (Å²) in [4.78, 5) is 13.1. The Balaban J connectivity index is 1.93. The average Bonchev–Trinajstić information content (AvgIpc) is 3.16. The predicted octanol–water partition coefficient (Wildman–Crippen LogP) is 4.72. The van der Waals surface area contributed by atoms with Crippen LogP contribution in [0.15, 0.2) is 48.5 Å². The van der Waals surface area contributed by atoms with Crippen LogP contribution in [-0.4, -0.2) is 30.8 Å². The minimum absolute atomic E-state index is 0.0986. The van der Waals surface area contributed by atoms with Crippen LogP contribution in [-0.2, 0) is 4.74 Å². The van der Waals surface area contributed by atoms with Gasteiger partial charge in [-0.15, -0.1) is 11.3 Å². The SMILES string of the molecule is O=C(O)c1ccccc1-c1sc(C2CNCCO2)cc1-c1cccc(F)c1F. The van der Waals surface area contributed by atoms with E-state index < -0.39 is 17.6 Å². The molecule has 1 saturated heterocycles. The number of carbonyl (C=O) groups is 1. The zero-order valence-corrected chi connectivity index (χ0v) is 15.6. The van der Waals surface area contributed by atoms with Crippen molar-refractivity contribution in [3.8, 4) is 21.6 Å². The Bertz CT molecular complexity index is 1030. The van der Waals surface area contributed by atoms with Crippen molar-refractivity contribution in [3.05, 3.63) is 70.6 Å². The van der Waals surface area contributed by atoms with Crippen LogP contribution < -0.4 is 5.32 Å². The molecule has 7 heteroatoms. The maximum absolute atomic E-state index is 14.6. The van der Waals surface area contributed by atoms with Gasteiger partial charge in [-0.05, 0) is 18.2 Å². The minimum atomic E-state index is -1.08. The van der Waals surface area contributed by atoms with Crippen LogP contribution >= 0.6 is 11.3 Å². The molecule has 1 fully saturated rings. The fourth-order valence-electron chi connectivity index (χ4n) is 3.30. The lowest BCUT2D eigenvalue weighted by molar-refractivity contribution is 0.0300. The molecule has 0 bridgehead atoms. The third-order valence-electron chi connectivity index (χ3n) is 4.64. The van der Waals surface area contributed by atoms with E-state index >= 15 is 0 Å². The molecule has 28 heavy (non-hydrogen) atoms. The molecule has 1 aromatic heterocycles. The molecule has 2 aromatic carbocycles. The maximum Gasteiger partial charge on any atom is 0.336 e. The van der Waals surface area contributed by atoms with Crippen molar-refractivity contribution in [3.63, 3.8) is 0 Å². The standard InChI is InChI=1S/C21H17F2NO3S/c22-16-7-3-6-12(19(16)23)15-10-18(17-11-24-8-9-27-17)28-20(15)13-4-1-2-5-14(13)21(25)26/h1-7,10,17,24H,8-9,11H2,(H,25,26). The Morgan fingerprint density at radius 1 is 1.11 bits per heavy atom. The number of rotatable bonds is 4. The Morgan fingerprint density at radius 3 is 2.64 bits per heavy atom. The number of aromatic carboxylic acids is 1. The minimum Gasteiger partial charge on any atom is -0.478 e. The molecule has 144 valence electrons. The van der Waals surface area contributed by atoms with Gasteiger partial charge in [0.15, 0.2) is 11.6 Å². The van der Waals surface area contributed by atoms with Crippen molar-refractivity contribution in [2.24, 2.45) is 0 Å². The van der Waals surface area contributed by atoms with Gasteiger partial charge in [0.25, 0.3) is 0 Å². The number of carboxylic acids is 1. The molecule has 0 radical (unpaired) electrons. The lowest BCUT2D eigenvalue weighted by Crippen LogP contribution is -2.32. The number of ether oxygens (including phenoxy) is 1. The van der Waals surface area contributed by atoms with Crippen molar-refractivity contribution in [1.82, 2.24) is 5.32 Å². The lowest BCUT2D eigenvalue weighted by atomic mass is 9.98. The average molecular weight is 401 g/mol. The summed E-state index contributed by atoms with van der Waals surface area (Å²) in [6.45, 7) is 1.90. The smallest absolute Gasteiger partial charge is 0.336 e. The summed E-state index contributed by atoms with van der Waals surface area (Å²) in [5.41, 5.74) is 1.13. The van der Waals surface area contributed by atoms with Crippen LogP contribution in [0.2, 0.25) is 0 Å². The number of benzene rings is 2. The number of morpholine rings is 1. The first kappa shape index (κ1) is 18.7. The fourth-order valence-corrected chi connectivity index (χ4v) is 4.56. The second kappa shape index (κ2) is 7.79. The van der Waals surface area contributed by atoms with E-state index in [9.17, 15) is 18.7 Å². The molecule has 3 aromatic rings. The van der Waals surface area contributed by atoms with Gasteiger partial charge in [-0.3, -0.25) is 0 Å². The number of thiophene rings is 1. The highest BCUT2D eigenvalue weighted by Gasteiger charge is 2.25. The molecular formula is C21H17F2NO3S. The van der Waals surface area contributed by atoms with E-state index in [1.54, 1.807) is 24.3 Å². The second-order valence-corrected chi connectivity index (χ2v) is 7.49. The van der Waals surface area contributed by atoms with E-state index in [1.165, 1.54) is 29.5 Å². The molecule has 0 amide bonds. The van der Waals surface area contributed by atoms with Gasteiger partial charge >= 0.3 is 5.97 Å². The highest BCUT2D eigenvalue weighted by molar-refractivity contribution is 7.16. The van der Waals surface area contributed by atoms with Crippen molar-refractivity contribution in [1.29, 1.82) is 0 Å². The molecule has 0 saturated carbocycles. The molecule has 1 aliphatic rings. The molecule has 2 heterocycles. The second-order valence-electron chi connectivity index (χ2n) is 6.41. The topological polar surface area (TPSA) is 58.6 Å². The van der Waals surface area contributed by atoms with E-state index in [0.29, 0.717) is 29.2 Å². The summed E-state index contributed by atoms with van der Waals surface area (Å²) < 4.78 is 34.2. The van der Waals surface area contributed by atoms with E-state index in [-0.39, 0.29) is 17.2 Å².